The predicted octanol–water partition coefficient (Wildman–Crippen LogP) is 4.14. The van der Waals surface area contributed by atoms with Gasteiger partial charge in [-0.05, 0) is 22.5 Å². The Bertz CT molecular complexity index is 572. The minimum absolute atomic E-state index is 0.00786. The summed E-state index contributed by atoms with van der Waals surface area (Å²) < 4.78 is 0. The molecule has 0 aliphatic rings. The molecule has 0 saturated heterocycles. The van der Waals surface area contributed by atoms with E-state index in [0.717, 1.165) is 11.1 Å². The first-order valence-electron chi connectivity index (χ1n) is 7.72. The van der Waals surface area contributed by atoms with E-state index in [1.807, 2.05) is 18.2 Å². The Kier molecular flexibility index (Phi) is 5.44. The summed E-state index contributed by atoms with van der Waals surface area (Å²) in [4.78, 5) is 10.9. The minimum atomic E-state index is -0.133. The fourth-order valence-electron chi connectivity index (χ4n) is 2.18. The van der Waals surface area contributed by atoms with Crippen molar-refractivity contribution in [3.05, 3.63) is 34.9 Å². The van der Waals surface area contributed by atoms with Crippen LogP contribution in [0.2, 0.25) is 0 Å². The van der Waals surface area contributed by atoms with E-state index in [-0.39, 0.29) is 16.7 Å². The normalized spacial score (nSPS) is 12.7. The van der Waals surface area contributed by atoms with Crippen molar-refractivity contribution < 1.29 is 9.90 Å². The molecule has 0 aliphatic carbocycles. The maximum Gasteiger partial charge on any atom is 0.217 e. The zero-order chi connectivity index (χ0) is 17.1. The zero-order valence-electron chi connectivity index (χ0n) is 14.9. The van der Waals surface area contributed by atoms with Gasteiger partial charge in [0.1, 0.15) is 5.75 Å². The number of benzene rings is 1. The Hall–Kier alpha value is -1.77. The Morgan fingerprint density at radius 1 is 1.14 bits per heavy atom. The van der Waals surface area contributed by atoms with Gasteiger partial charge >= 0.3 is 0 Å². The van der Waals surface area contributed by atoms with E-state index in [9.17, 15) is 9.90 Å². The van der Waals surface area contributed by atoms with Gasteiger partial charge < -0.3 is 10.4 Å². The second kappa shape index (κ2) is 6.55. The number of hydrogen-bond acceptors (Lipinski definition) is 2. The van der Waals surface area contributed by atoms with E-state index < -0.39 is 0 Å². The smallest absolute Gasteiger partial charge is 0.217 e. The molecule has 1 rings (SSSR count). The van der Waals surface area contributed by atoms with Crippen LogP contribution in [0.3, 0.4) is 0 Å². The third-order valence-corrected chi connectivity index (χ3v) is 3.58. The maximum absolute atomic E-state index is 10.9. The highest BCUT2D eigenvalue weighted by Crippen LogP contribution is 2.38. The van der Waals surface area contributed by atoms with Crippen molar-refractivity contribution in [2.24, 2.45) is 0 Å². The van der Waals surface area contributed by atoms with E-state index in [1.165, 1.54) is 12.5 Å². The number of nitrogens with one attached hydrogen (secondary N) is 1. The summed E-state index contributed by atoms with van der Waals surface area (Å²) >= 11 is 0. The first-order chi connectivity index (χ1) is 9.93. The van der Waals surface area contributed by atoms with Crippen LogP contribution in [0.4, 0.5) is 0 Å². The van der Waals surface area contributed by atoms with Crippen LogP contribution in [0.25, 0.3) is 6.08 Å². The monoisotopic (exact) mass is 303 g/mol. The summed E-state index contributed by atoms with van der Waals surface area (Å²) in [5.74, 6) is 0.257. The largest absolute Gasteiger partial charge is 0.507 e. The molecule has 0 heterocycles. The lowest BCUT2D eigenvalue weighted by molar-refractivity contribution is -0.118. The lowest BCUT2D eigenvalue weighted by atomic mass is 9.79. The van der Waals surface area contributed by atoms with Gasteiger partial charge in [-0.15, -0.1) is 0 Å². The SMILES string of the molecule is CC(=O)NCC=Cc1cc(C(C)(C)C)cc(C(C)(C)C)c1O. The molecule has 2 N–H and O–H groups in total. The van der Waals surface area contributed by atoms with Crippen LogP contribution in [-0.4, -0.2) is 17.6 Å². The number of carbonyl (C=O) groups excluding carboxylic acids is 1. The zero-order valence-corrected chi connectivity index (χ0v) is 14.9. The fraction of sp³-hybridized carbons (Fsp3) is 0.526. The predicted molar refractivity (Wildman–Crippen MR) is 93.2 cm³/mol. The lowest BCUT2D eigenvalue weighted by Crippen LogP contribution is -2.19. The average Bonchev–Trinajstić information content (AvgIpc) is 2.33. The van der Waals surface area contributed by atoms with Crippen molar-refractivity contribution in [2.45, 2.75) is 59.3 Å². The number of hydrogen-bond donors (Lipinski definition) is 2. The number of amides is 1. The average molecular weight is 303 g/mol. The van der Waals surface area contributed by atoms with E-state index >= 15 is 0 Å². The quantitative estimate of drug-likeness (QED) is 0.882. The highest BCUT2D eigenvalue weighted by atomic mass is 16.3. The van der Waals surface area contributed by atoms with Crippen LogP contribution < -0.4 is 5.32 Å². The molecule has 0 aromatic heterocycles. The molecular formula is C19H29NO2. The van der Waals surface area contributed by atoms with Gasteiger partial charge in [-0.25, -0.2) is 0 Å². The number of phenolic OH excluding ortho intramolecular Hbond substituents is 1. The molecule has 122 valence electrons. The number of aromatic hydroxyl groups is 1. The number of phenols is 1. The Labute approximate surface area is 134 Å². The molecule has 3 nitrogen and oxygen atoms in total. The number of rotatable bonds is 3. The second-order valence-electron chi connectivity index (χ2n) is 7.80. The van der Waals surface area contributed by atoms with E-state index in [2.05, 4.69) is 52.9 Å². The highest BCUT2D eigenvalue weighted by Gasteiger charge is 2.24. The first-order valence-corrected chi connectivity index (χ1v) is 7.72. The molecule has 0 radical (unpaired) electrons. The van der Waals surface area contributed by atoms with Crippen molar-refractivity contribution in [1.29, 1.82) is 0 Å². The standard InChI is InChI=1S/C19H29NO2/c1-13(21)20-10-8-9-14-11-15(18(2,3)4)12-16(17(14)22)19(5,6)7/h8-9,11-12,22H,10H2,1-7H3,(H,20,21). The van der Waals surface area contributed by atoms with Crippen molar-refractivity contribution >= 4 is 12.0 Å². The third kappa shape index (κ3) is 4.90. The molecule has 0 spiro atoms. The van der Waals surface area contributed by atoms with Crippen LogP contribution in [0, 0.1) is 0 Å². The van der Waals surface area contributed by atoms with E-state index in [4.69, 9.17) is 0 Å². The topological polar surface area (TPSA) is 49.3 Å². The third-order valence-electron chi connectivity index (χ3n) is 3.58. The number of carbonyl (C=O) groups is 1. The van der Waals surface area contributed by atoms with Crippen LogP contribution in [-0.2, 0) is 15.6 Å². The fourth-order valence-corrected chi connectivity index (χ4v) is 2.18. The van der Waals surface area contributed by atoms with Crippen LogP contribution in [0.15, 0.2) is 18.2 Å². The summed E-state index contributed by atoms with van der Waals surface area (Å²) in [6, 6.07) is 4.12. The van der Waals surface area contributed by atoms with Crippen molar-refractivity contribution in [3.8, 4) is 5.75 Å². The molecule has 1 aromatic carbocycles. The molecule has 0 aliphatic heterocycles. The van der Waals surface area contributed by atoms with Gasteiger partial charge in [-0.2, -0.15) is 0 Å². The summed E-state index contributed by atoms with van der Waals surface area (Å²) in [7, 11) is 0. The molecule has 0 fully saturated rings. The molecule has 1 amide bonds. The van der Waals surface area contributed by atoms with E-state index in [0.29, 0.717) is 12.3 Å². The maximum atomic E-state index is 10.9. The molecule has 22 heavy (non-hydrogen) atoms. The summed E-state index contributed by atoms with van der Waals surface area (Å²) in [5.41, 5.74) is 2.80. The van der Waals surface area contributed by atoms with Gasteiger partial charge in [-0.1, -0.05) is 59.8 Å². The van der Waals surface area contributed by atoms with Crippen LogP contribution in [0.5, 0.6) is 5.75 Å². The molecule has 3 heteroatoms. The Morgan fingerprint density at radius 3 is 2.18 bits per heavy atom. The summed E-state index contributed by atoms with van der Waals surface area (Å²) in [5, 5.41) is 13.3. The van der Waals surface area contributed by atoms with E-state index in [1.54, 1.807) is 0 Å². The first kappa shape index (κ1) is 18.3. The van der Waals surface area contributed by atoms with Gasteiger partial charge in [0.2, 0.25) is 5.91 Å². The van der Waals surface area contributed by atoms with Crippen LogP contribution in [0.1, 0.15) is 65.2 Å². The molecule has 1 aromatic rings. The molecular weight excluding hydrogens is 274 g/mol. The molecule has 0 atom stereocenters. The van der Waals surface area contributed by atoms with Crippen molar-refractivity contribution in [3.63, 3.8) is 0 Å². The van der Waals surface area contributed by atoms with Gasteiger partial charge in [0.25, 0.3) is 0 Å². The summed E-state index contributed by atoms with van der Waals surface area (Å²) in [6.07, 6.45) is 3.73. The minimum Gasteiger partial charge on any atom is -0.507 e. The van der Waals surface area contributed by atoms with Gasteiger partial charge in [0.05, 0.1) is 0 Å². The second-order valence-corrected chi connectivity index (χ2v) is 7.80. The van der Waals surface area contributed by atoms with Crippen LogP contribution >= 0.6 is 0 Å². The van der Waals surface area contributed by atoms with Gasteiger partial charge in [-0.3, -0.25) is 4.79 Å². The van der Waals surface area contributed by atoms with Crippen molar-refractivity contribution in [1.82, 2.24) is 5.32 Å². The molecule has 0 bridgehead atoms. The van der Waals surface area contributed by atoms with Crippen molar-refractivity contribution in [2.75, 3.05) is 6.54 Å². The van der Waals surface area contributed by atoms with Gasteiger partial charge in [0, 0.05) is 24.6 Å². The Balaban J connectivity index is 3.28. The molecule has 0 unspecified atom stereocenters. The lowest BCUT2D eigenvalue weighted by Gasteiger charge is -2.27. The highest BCUT2D eigenvalue weighted by molar-refractivity contribution is 5.73. The van der Waals surface area contributed by atoms with Gasteiger partial charge in [0.15, 0.2) is 0 Å². The summed E-state index contributed by atoms with van der Waals surface area (Å²) in [6.45, 7) is 14.7. The molecule has 0 saturated carbocycles. The Morgan fingerprint density at radius 2 is 1.73 bits per heavy atom.